The van der Waals surface area contributed by atoms with E-state index in [2.05, 4.69) is 29.6 Å². The summed E-state index contributed by atoms with van der Waals surface area (Å²) in [6.45, 7) is 8.15. The highest BCUT2D eigenvalue weighted by atomic mass is 16.1. The molecule has 2 atom stereocenters. The Balaban J connectivity index is 2.29. The van der Waals surface area contributed by atoms with Crippen molar-refractivity contribution in [1.82, 2.24) is 15.1 Å². The van der Waals surface area contributed by atoms with Crippen LogP contribution in [0.1, 0.15) is 50.5 Å². The maximum absolute atomic E-state index is 12.0. The highest BCUT2D eigenvalue weighted by Gasteiger charge is 2.26. The van der Waals surface area contributed by atoms with E-state index >= 15 is 0 Å². The zero-order valence-electron chi connectivity index (χ0n) is 10.8. The first-order chi connectivity index (χ1) is 7.99. The van der Waals surface area contributed by atoms with Crippen molar-refractivity contribution in [3.05, 3.63) is 11.8 Å². The minimum Gasteiger partial charge on any atom is -0.367 e. The van der Waals surface area contributed by atoms with Crippen LogP contribution in [0.4, 0.5) is 5.82 Å². The van der Waals surface area contributed by atoms with Gasteiger partial charge in [0.15, 0.2) is 0 Å². The second-order valence-electron chi connectivity index (χ2n) is 5.11. The first kappa shape index (κ1) is 12.0. The molecular weight excluding hydrogens is 216 g/mol. The van der Waals surface area contributed by atoms with Crippen molar-refractivity contribution in [2.45, 2.75) is 52.2 Å². The van der Waals surface area contributed by atoms with Gasteiger partial charge in [-0.2, -0.15) is 5.10 Å². The highest BCUT2D eigenvalue weighted by Crippen LogP contribution is 2.28. The monoisotopic (exact) mass is 236 g/mol. The molecule has 2 unspecified atom stereocenters. The molecule has 1 aliphatic rings. The summed E-state index contributed by atoms with van der Waals surface area (Å²) < 4.78 is 1.90. The predicted octanol–water partition coefficient (Wildman–Crippen LogP) is 1.79. The second-order valence-corrected chi connectivity index (χ2v) is 5.11. The lowest BCUT2D eigenvalue weighted by atomic mass is 10.1. The van der Waals surface area contributed by atoms with Crippen LogP contribution < -0.4 is 10.6 Å². The third-order valence-electron chi connectivity index (χ3n) is 2.96. The summed E-state index contributed by atoms with van der Waals surface area (Å²) in [7, 11) is 0. The smallest absolute Gasteiger partial charge is 0.256 e. The van der Waals surface area contributed by atoms with E-state index in [0.717, 1.165) is 12.2 Å². The van der Waals surface area contributed by atoms with E-state index in [9.17, 15) is 4.79 Å². The minimum absolute atomic E-state index is 0.0601. The van der Waals surface area contributed by atoms with Gasteiger partial charge in [-0.05, 0) is 34.1 Å². The third-order valence-corrected chi connectivity index (χ3v) is 2.96. The molecule has 5 heteroatoms. The molecule has 2 rings (SSSR count). The number of carbonyl (C=O) groups excluding carboxylic acids is 1. The van der Waals surface area contributed by atoms with Crippen LogP contribution in [-0.4, -0.2) is 27.8 Å². The summed E-state index contributed by atoms with van der Waals surface area (Å²) in [4.78, 5) is 12.0. The summed E-state index contributed by atoms with van der Waals surface area (Å²) in [5.41, 5.74) is 0.636. The number of fused-ring (bicyclic) bond motifs is 1. The van der Waals surface area contributed by atoms with E-state index < -0.39 is 0 Å². The molecule has 5 nitrogen and oxygen atoms in total. The number of aromatic nitrogens is 2. The molecule has 0 bridgehead atoms. The quantitative estimate of drug-likeness (QED) is 0.823. The molecule has 0 fully saturated rings. The van der Waals surface area contributed by atoms with Crippen LogP contribution in [0, 0.1) is 0 Å². The van der Waals surface area contributed by atoms with Crippen LogP contribution in [0.25, 0.3) is 0 Å². The Morgan fingerprint density at radius 1 is 1.59 bits per heavy atom. The fourth-order valence-electron chi connectivity index (χ4n) is 2.25. The van der Waals surface area contributed by atoms with Gasteiger partial charge in [-0.15, -0.1) is 0 Å². The summed E-state index contributed by atoms with van der Waals surface area (Å²) in [6.07, 6.45) is 2.68. The number of nitrogens with one attached hydrogen (secondary N) is 2. The number of hydrogen-bond donors (Lipinski definition) is 2. The first-order valence-corrected chi connectivity index (χ1v) is 6.14. The molecule has 94 valence electrons. The molecule has 0 radical (unpaired) electrons. The molecule has 0 aromatic carbocycles. The van der Waals surface area contributed by atoms with E-state index in [1.54, 1.807) is 6.20 Å². The van der Waals surface area contributed by atoms with Crippen LogP contribution in [-0.2, 0) is 0 Å². The van der Waals surface area contributed by atoms with E-state index in [1.165, 1.54) is 0 Å². The van der Waals surface area contributed by atoms with Gasteiger partial charge in [-0.1, -0.05) is 0 Å². The highest BCUT2D eigenvalue weighted by molar-refractivity contribution is 5.99. The van der Waals surface area contributed by atoms with E-state index in [4.69, 9.17) is 0 Å². The molecule has 17 heavy (non-hydrogen) atoms. The fraction of sp³-hybridized carbons (Fsp3) is 0.667. The summed E-state index contributed by atoms with van der Waals surface area (Å²) in [5.74, 6) is 0.782. The molecule has 2 N–H and O–H groups in total. The molecule has 0 saturated carbocycles. The fourth-order valence-corrected chi connectivity index (χ4v) is 2.25. The normalized spacial score (nSPS) is 23.1. The van der Waals surface area contributed by atoms with Crippen LogP contribution in [0.15, 0.2) is 6.20 Å². The molecule has 0 aliphatic carbocycles. The Morgan fingerprint density at radius 3 is 2.94 bits per heavy atom. The average Bonchev–Trinajstić information content (AvgIpc) is 2.59. The molecule has 1 aromatic rings. The number of rotatable bonds is 2. The van der Waals surface area contributed by atoms with Gasteiger partial charge in [0.05, 0.1) is 12.2 Å². The predicted molar refractivity (Wildman–Crippen MR) is 67.2 cm³/mol. The van der Waals surface area contributed by atoms with Gasteiger partial charge in [-0.3, -0.25) is 4.79 Å². The van der Waals surface area contributed by atoms with Crippen LogP contribution >= 0.6 is 0 Å². The molecule has 1 aromatic heterocycles. The Hall–Kier alpha value is -1.52. The van der Waals surface area contributed by atoms with Crippen molar-refractivity contribution in [2.24, 2.45) is 0 Å². The van der Waals surface area contributed by atoms with Crippen LogP contribution in [0.2, 0.25) is 0 Å². The van der Waals surface area contributed by atoms with Crippen molar-refractivity contribution >= 4 is 11.7 Å². The molecular formula is C12H20N4O. The molecule has 1 amide bonds. The Morgan fingerprint density at radius 2 is 2.29 bits per heavy atom. The zero-order valence-corrected chi connectivity index (χ0v) is 10.8. The number of anilines is 1. The first-order valence-electron chi connectivity index (χ1n) is 6.14. The zero-order chi connectivity index (χ0) is 12.6. The largest absolute Gasteiger partial charge is 0.367 e. The Kier molecular flexibility index (Phi) is 3.09. The van der Waals surface area contributed by atoms with Gasteiger partial charge in [0, 0.05) is 12.1 Å². The number of amides is 1. The van der Waals surface area contributed by atoms with Gasteiger partial charge >= 0.3 is 0 Å². The lowest BCUT2D eigenvalue weighted by Gasteiger charge is -2.28. The van der Waals surface area contributed by atoms with Crippen molar-refractivity contribution in [3.8, 4) is 0 Å². The van der Waals surface area contributed by atoms with Crippen LogP contribution in [0.3, 0.4) is 0 Å². The SMILES string of the molecule is CC(C)NC(=O)c1cnn2c1NC(C)CC2C. The van der Waals surface area contributed by atoms with E-state index in [0.29, 0.717) is 17.6 Å². The van der Waals surface area contributed by atoms with Crippen LogP contribution in [0.5, 0.6) is 0 Å². The van der Waals surface area contributed by atoms with Gasteiger partial charge in [-0.25, -0.2) is 4.68 Å². The number of carbonyl (C=O) groups is 1. The number of hydrogen-bond acceptors (Lipinski definition) is 3. The van der Waals surface area contributed by atoms with Crippen molar-refractivity contribution in [2.75, 3.05) is 5.32 Å². The van der Waals surface area contributed by atoms with Crippen molar-refractivity contribution in [3.63, 3.8) is 0 Å². The lowest BCUT2D eigenvalue weighted by Crippen LogP contribution is -2.33. The third kappa shape index (κ3) is 2.28. The average molecular weight is 236 g/mol. The Bertz CT molecular complexity index is 424. The molecule has 0 saturated heterocycles. The summed E-state index contributed by atoms with van der Waals surface area (Å²) >= 11 is 0. The van der Waals surface area contributed by atoms with E-state index in [1.807, 2.05) is 18.5 Å². The Labute approximate surface area is 102 Å². The maximum atomic E-state index is 12.0. The lowest BCUT2D eigenvalue weighted by molar-refractivity contribution is 0.0943. The maximum Gasteiger partial charge on any atom is 0.256 e. The van der Waals surface area contributed by atoms with E-state index in [-0.39, 0.29) is 11.9 Å². The molecule has 2 heterocycles. The summed E-state index contributed by atoms with van der Waals surface area (Å²) in [5, 5.41) is 10.5. The van der Waals surface area contributed by atoms with Gasteiger partial charge in [0.1, 0.15) is 11.4 Å². The molecule has 1 aliphatic heterocycles. The summed E-state index contributed by atoms with van der Waals surface area (Å²) in [6, 6.07) is 0.845. The topological polar surface area (TPSA) is 59.0 Å². The molecule has 0 spiro atoms. The van der Waals surface area contributed by atoms with Crippen molar-refractivity contribution in [1.29, 1.82) is 0 Å². The standard InChI is InChI=1S/C12H20N4O/c1-7(2)14-12(17)10-6-13-16-9(4)5-8(3)15-11(10)16/h6-9,15H,5H2,1-4H3,(H,14,17). The second kappa shape index (κ2) is 4.39. The minimum atomic E-state index is -0.0601. The van der Waals surface area contributed by atoms with Crippen molar-refractivity contribution < 1.29 is 4.79 Å². The van der Waals surface area contributed by atoms with Gasteiger partial charge in [0.2, 0.25) is 0 Å². The van der Waals surface area contributed by atoms with Gasteiger partial charge in [0.25, 0.3) is 5.91 Å². The number of nitrogens with zero attached hydrogens (tertiary/aromatic N) is 2. The van der Waals surface area contributed by atoms with Gasteiger partial charge < -0.3 is 10.6 Å².